The van der Waals surface area contributed by atoms with Crippen molar-refractivity contribution >= 4 is 11.6 Å². The molecule has 0 amide bonds. The van der Waals surface area contributed by atoms with Crippen molar-refractivity contribution in [2.24, 2.45) is 0 Å². The van der Waals surface area contributed by atoms with Gasteiger partial charge in [0.1, 0.15) is 11.6 Å². The third kappa shape index (κ3) is 2.57. The van der Waals surface area contributed by atoms with Crippen LogP contribution in [0.15, 0.2) is 48.7 Å². The number of hydrogen-bond acceptors (Lipinski definition) is 2. The van der Waals surface area contributed by atoms with E-state index in [0.29, 0.717) is 21.8 Å². The van der Waals surface area contributed by atoms with Crippen LogP contribution in [0.3, 0.4) is 0 Å². The predicted molar refractivity (Wildman–Crippen MR) is 82.6 cm³/mol. The molecule has 0 saturated heterocycles. The van der Waals surface area contributed by atoms with Gasteiger partial charge in [-0.1, -0.05) is 29.8 Å². The molecule has 0 fully saturated rings. The number of nitrogens with zero attached hydrogens (tertiary/aromatic N) is 2. The summed E-state index contributed by atoms with van der Waals surface area (Å²) in [5.41, 5.74) is 2.25. The van der Waals surface area contributed by atoms with Crippen molar-refractivity contribution in [3.63, 3.8) is 0 Å². The van der Waals surface area contributed by atoms with Crippen LogP contribution >= 0.6 is 11.6 Å². The molecule has 5 heteroatoms. The Morgan fingerprint density at radius 2 is 1.55 bits per heavy atom. The van der Waals surface area contributed by atoms with Crippen molar-refractivity contribution in [3.8, 4) is 22.3 Å². The minimum atomic E-state index is -0.636. The molecule has 3 rings (SSSR count). The van der Waals surface area contributed by atoms with Gasteiger partial charge >= 0.3 is 0 Å². The first-order valence-corrected chi connectivity index (χ1v) is 6.98. The van der Waals surface area contributed by atoms with Crippen molar-refractivity contribution in [1.29, 1.82) is 0 Å². The third-order valence-electron chi connectivity index (χ3n) is 3.39. The quantitative estimate of drug-likeness (QED) is 0.661. The third-order valence-corrected chi connectivity index (χ3v) is 3.64. The minimum Gasteiger partial charge on any atom is -0.206 e. The molecule has 0 radical (unpaired) electrons. The van der Waals surface area contributed by atoms with Crippen molar-refractivity contribution < 1.29 is 8.78 Å². The number of aryl methyl sites for hydroxylation is 1. The van der Waals surface area contributed by atoms with Crippen LogP contribution in [-0.2, 0) is 0 Å². The summed E-state index contributed by atoms with van der Waals surface area (Å²) >= 11 is 5.90. The van der Waals surface area contributed by atoms with Gasteiger partial charge in [0.25, 0.3) is 0 Å². The lowest BCUT2D eigenvalue weighted by atomic mass is 9.94. The highest BCUT2D eigenvalue weighted by molar-refractivity contribution is 6.30. The molecule has 0 aliphatic heterocycles. The number of benzene rings is 2. The molecule has 0 atom stereocenters. The van der Waals surface area contributed by atoms with Crippen LogP contribution in [0.25, 0.3) is 22.3 Å². The van der Waals surface area contributed by atoms with Gasteiger partial charge in [0.15, 0.2) is 0 Å². The van der Waals surface area contributed by atoms with E-state index in [1.165, 1.54) is 24.4 Å². The van der Waals surface area contributed by atoms with Gasteiger partial charge in [0.05, 0.1) is 17.5 Å². The van der Waals surface area contributed by atoms with Crippen LogP contribution in [0.4, 0.5) is 8.78 Å². The van der Waals surface area contributed by atoms with Crippen molar-refractivity contribution in [2.75, 3.05) is 0 Å². The SMILES string of the molecule is Cc1nncc(-c2c(F)cccc2F)c1-c1ccc(Cl)cc1. The summed E-state index contributed by atoms with van der Waals surface area (Å²) in [5, 5.41) is 8.42. The summed E-state index contributed by atoms with van der Waals surface area (Å²) < 4.78 is 28.2. The van der Waals surface area contributed by atoms with E-state index in [0.717, 1.165) is 5.56 Å². The molecule has 2 nitrogen and oxygen atoms in total. The second kappa shape index (κ2) is 5.81. The fourth-order valence-electron chi connectivity index (χ4n) is 2.41. The number of aromatic nitrogens is 2. The van der Waals surface area contributed by atoms with Crippen molar-refractivity contribution in [1.82, 2.24) is 10.2 Å². The molecule has 1 heterocycles. The van der Waals surface area contributed by atoms with E-state index in [-0.39, 0.29) is 5.56 Å². The number of hydrogen-bond donors (Lipinski definition) is 0. The average Bonchev–Trinajstić information content (AvgIpc) is 2.49. The van der Waals surface area contributed by atoms with Crippen LogP contribution in [0.2, 0.25) is 5.02 Å². The van der Waals surface area contributed by atoms with Crippen molar-refractivity contribution in [2.45, 2.75) is 6.92 Å². The van der Waals surface area contributed by atoms with Crippen LogP contribution in [-0.4, -0.2) is 10.2 Å². The minimum absolute atomic E-state index is 0.106. The first-order valence-electron chi connectivity index (χ1n) is 6.60. The first-order chi connectivity index (χ1) is 10.6. The number of halogens is 3. The summed E-state index contributed by atoms with van der Waals surface area (Å²) in [6.45, 7) is 1.75. The normalized spacial score (nSPS) is 10.7. The first kappa shape index (κ1) is 14.6. The largest absolute Gasteiger partial charge is 0.206 e. The van der Waals surface area contributed by atoms with E-state index in [4.69, 9.17) is 11.6 Å². The van der Waals surface area contributed by atoms with Gasteiger partial charge in [-0.05, 0) is 36.8 Å². The smallest absolute Gasteiger partial charge is 0.134 e. The standard InChI is InChI=1S/C17H11ClF2N2/c1-10-16(11-5-7-12(18)8-6-11)13(9-21-22-10)17-14(19)3-2-4-15(17)20/h2-9H,1H3. The van der Waals surface area contributed by atoms with E-state index in [1.807, 2.05) is 0 Å². The highest BCUT2D eigenvalue weighted by atomic mass is 35.5. The zero-order chi connectivity index (χ0) is 15.7. The summed E-state index contributed by atoms with van der Waals surface area (Å²) in [5.74, 6) is -1.27. The molecule has 2 aromatic carbocycles. The molecular weight excluding hydrogens is 306 g/mol. The summed E-state index contributed by atoms with van der Waals surface area (Å²) in [6, 6.07) is 10.8. The van der Waals surface area contributed by atoms with Crippen LogP contribution < -0.4 is 0 Å². The van der Waals surface area contributed by atoms with Crippen molar-refractivity contribution in [3.05, 3.63) is 71.0 Å². The van der Waals surface area contributed by atoms with E-state index in [1.54, 1.807) is 31.2 Å². The Balaban J connectivity index is 2.30. The lowest BCUT2D eigenvalue weighted by molar-refractivity contribution is 0.589. The summed E-state index contributed by atoms with van der Waals surface area (Å²) in [6.07, 6.45) is 1.37. The summed E-state index contributed by atoms with van der Waals surface area (Å²) in [4.78, 5) is 0. The van der Waals surface area contributed by atoms with E-state index in [9.17, 15) is 8.78 Å². The molecule has 0 bridgehead atoms. The van der Waals surface area contributed by atoms with Crippen LogP contribution in [0.5, 0.6) is 0 Å². The van der Waals surface area contributed by atoms with Gasteiger partial charge < -0.3 is 0 Å². The fraction of sp³-hybridized carbons (Fsp3) is 0.0588. The van der Waals surface area contributed by atoms with Gasteiger partial charge in [-0.15, -0.1) is 0 Å². The van der Waals surface area contributed by atoms with Crippen LogP contribution in [0, 0.1) is 18.6 Å². The molecule has 3 aromatic rings. The second-order valence-electron chi connectivity index (χ2n) is 4.82. The maximum absolute atomic E-state index is 14.1. The molecule has 1 aromatic heterocycles. The van der Waals surface area contributed by atoms with Gasteiger partial charge in [-0.25, -0.2) is 8.78 Å². The molecule has 0 aliphatic carbocycles. The van der Waals surface area contributed by atoms with Gasteiger partial charge in [-0.2, -0.15) is 10.2 Å². The molecule has 0 aliphatic rings. The highest BCUT2D eigenvalue weighted by Gasteiger charge is 2.18. The Morgan fingerprint density at radius 1 is 0.909 bits per heavy atom. The Bertz CT molecular complexity index is 812. The molecule has 0 N–H and O–H groups in total. The summed E-state index contributed by atoms with van der Waals surface area (Å²) in [7, 11) is 0. The van der Waals surface area contributed by atoms with E-state index < -0.39 is 11.6 Å². The molecule has 0 saturated carbocycles. The molecule has 110 valence electrons. The molecule has 22 heavy (non-hydrogen) atoms. The Kier molecular flexibility index (Phi) is 3.86. The monoisotopic (exact) mass is 316 g/mol. The molecule has 0 unspecified atom stereocenters. The number of rotatable bonds is 2. The van der Waals surface area contributed by atoms with Gasteiger partial charge in [0.2, 0.25) is 0 Å². The average molecular weight is 317 g/mol. The van der Waals surface area contributed by atoms with E-state index in [2.05, 4.69) is 10.2 Å². The fourth-order valence-corrected chi connectivity index (χ4v) is 2.53. The Hall–Kier alpha value is -2.33. The van der Waals surface area contributed by atoms with E-state index >= 15 is 0 Å². The molecule has 0 spiro atoms. The lowest BCUT2D eigenvalue weighted by Gasteiger charge is -2.13. The topological polar surface area (TPSA) is 25.8 Å². The molecular formula is C17H11ClF2N2. The maximum atomic E-state index is 14.1. The maximum Gasteiger partial charge on any atom is 0.134 e. The van der Waals surface area contributed by atoms with Gasteiger partial charge in [-0.3, -0.25) is 0 Å². The zero-order valence-corrected chi connectivity index (χ0v) is 12.4. The zero-order valence-electron chi connectivity index (χ0n) is 11.6. The Morgan fingerprint density at radius 3 is 2.18 bits per heavy atom. The van der Waals surface area contributed by atoms with Crippen LogP contribution in [0.1, 0.15) is 5.69 Å². The lowest BCUT2D eigenvalue weighted by Crippen LogP contribution is -1.98. The highest BCUT2D eigenvalue weighted by Crippen LogP contribution is 2.36. The Labute approximate surface area is 131 Å². The second-order valence-corrected chi connectivity index (χ2v) is 5.26. The predicted octanol–water partition coefficient (Wildman–Crippen LogP) is 5.05. The van der Waals surface area contributed by atoms with Gasteiger partial charge in [0, 0.05) is 16.1 Å².